The van der Waals surface area contributed by atoms with Crippen LogP contribution < -0.4 is 5.32 Å². The molecule has 1 amide bonds. The number of carbonyl (C=O) groups excluding carboxylic acids is 1. The highest BCUT2D eigenvalue weighted by Gasteiger charge is 2.46. The molecule has 36 heavy (non-hydrogen) atoms. The first kappa shape index (κ1) is 23.8. The number of amides is 1. The number of likely N-dealkylation sites (tertiary alicyclic amines) is 1. The first-order valence-corrected chi connectivity index (χ1v) is 13.1. The van der Waals surface area contributed by atoms with Crippen LogP contribution in [0.15, 0.2) is 48.8 Å². The van der Waals surface area contributed by atoms with Gasteiger partial charge in [0.25, 0.3) is 0 Å². The van der Waals surface area contributed by atoms with E-state index in [2.05, 4.69) is 33.2 Å². The van der Waals surface area contributed by atoms with Gasteiger partial charge in [-0.3, -0.25) is 14.7 Å². The fourth-order valence-corrected chi connectivity index (χ4v) is 6.17. The Balaban J connectivity index is 1.15. The van der Waals surface area contributed by atoms with E-state index in [0.29, 0.717) is 24.9 Å². The summed E-state index contributed by atoms with van der Waals surface area (Å²) in [5, 5.41) is 16.1. The number of nitrogens with zero attached hydrogens (tertiary/aromatic N) is 3. The highest BCUT2D eigenvalue weighted by molar-refractivity contribution is 6.32. The molecular weight excluding hydrogens is 476 g/mol. The Labute approximate surface area is 215 Å². The monoisotopic (exact) mass is 506 g/mol. The van der Waals surface area contributed by atoms with Crippen LogP contribution in [-0.4, -0.2) is 63.8 Å². The number of carbonyl (C=O) groups is 1. The fraction of sp³-hybridized carbons (Fsp3) is 0.464. The Morgan fingerprint density at radius 1 is 1.19 bits per heavy atom. The first-order chi connectivity index (χ1) is 17.4. The number of aliphatic hydroxyl groups excluding tert-OH is 1. The third-order valence-corrected chi connectivity index (χ3v) is 8.66. The Morgan fingerprint density at radius 2 is 2.03 bits per heavy atom. The number of pyridine rings is 2. The van der Waals surface area contributed by atoms with E-state index in [9.17, 15) is 9.90 Å². The van der Waals surface area contributed by atoms with Crippen LogP contribution in [0.3, 0.4) is 0 Å². The van der Waals surface area contributed by atoms with Crippen molar-refractivity contribution in [1.29, 1.82) is 0 Å². The zero-order valence-electron chi connectivity index (χ0n) is 20.4. The number of rotatable bonds is 5. The number of piperidine rings is 1. The second-order valence-corrected chi connectivity index (χ2v) is 11.0. The van der Waals surface area contributed by atoms with Gasteiger partial charge >= 0.3 is 0 Å². The molecule has 0 spiro atoms. The van der Waals surface area contributed by atoms with E-state index in [0.717, 1.165) is 59.4 Å². The smallest absolute Gasteiger partial charge is 0.229 e. The normalized spacial score (nSPS) is 28.9. The lowest BCUT2D eigenvalue weighted by molar-refractivity contribution is -0.117. The summed E-state index contributed by atoms with van der Waals surface area (Å²) >= 11 is 6.72. The van der Waals surface area contributed by atoms with Crippen molar-refractivity contribution >= 4 is 34.1 Å². The maximum atomic E-state index is 12.8. The number of benzene rings is 1. The Hall–Kier alpha value is -2.58. The van der Waals surface area contributed by atoms with Gasteiger partial charge in [-0.05, 0) is 86.5 Å². The van der Waals surface area contributed by atoms with Gasteiger partial charge in [-0.25, -0.2) is 4.98 Å². The summed E-state index contributed by atoms with van der Waals surface area (Å²) in [6, 6.07) is 11.9. The quantitative estimate of drug-likeness (QED) is 0.535. The van der Waals surface area contributed by atoms with Crippen LogP contribution >= 0.6 is 11.6 Å². The van der Waals surface area contributed by atoms with Crippen LogP contribution in [-0.2, 0) is 9.53 Å². The molecule has 3 fully saturated rings. The largest absolute Gasteiger partial charge is 0.389 e. The molecule has 0 bridgehead atoms. The molecule has 3 aromatic rings. The zero-order valence-corrected chi connectivity index (χ0v) is 21.1. The number of aliphatic hydroxyl groups is 1. The summed E-state index contributed by atoms with van der Waals surface area (Å²) in [6.07, 6.45) is 5.85. The van der Waals surface area contributed by atoms with Crippen LogP contribution in [0.2, 0.25) is 5.02 Å². The minimum Gasteiger partial charge on any atom is -0.389 e. The molecule has 2 N–H and O–H groups in total. The molecule has 4 heterocycles. The van der Waals surface area contributed by atoms with Gasteiger partial charge in [0, 0.05) is 40.3 Å². The molecule has 1 aliphatic carbocycles. The number of anilines is 1. The number of nitrogens with one attached hydrogen (secondary N) is 1. The Bertz CT molecular complexity index is 1280. The number of halogens is 1. The molecule has 2 aromatic heterocycles. The summed E-state index contributed by atoms with van der Waals surface area (Å²) < 4.78 is 5.54. The lowest BCUT2D eigenvalue weighted by Gasteiger charge is -2.43. The lowest BCUT2D eigenvalue weighted by atomic mass is 9.85. The minimum absolute atomic E-state index is 0.00867. The maximum Gasteiger partial charge on any atom is 0.229 e. The SMILES string of the molecule is C[C@@]1(N2CCC(c3cc4cc(NC(=O)C5CC5c5ccccn5)ncc4cc3Cl)CC2)COC[C@@H]1O. The van der Waals surface area contributed by atoms with Gasteiger partial charge in [-0.1, -0.05) is 17.7 Å². The fourth-order valence-electron chi connectivity index (χ4n) is 5.85. The molecule has 8 heteroatoms. The van der Waals surface area contributed by atoms with E-state index in [1.807, 2.05) is 30.3 Å². The zero-order chi connectivity index (χ0) is 24.9. The van der Waals surface area contributed by atoms with E-state index in [1.54, 1.807) is 12.4 Å². The summed E-state index contributed by atoms with van der Waals surface area (Å²) in [4.78, 5) is 24.0. The molecule has 2 saturated heterocycles. The number of ether oxygens (including phenoxy) is 1. The minimum atomic E-state index is -0.450. The third kappa shape index (κ3) is 4.39. The molecule has 188 valence electrons. The topological polar surface area (TPSA) is 87.6 Å². The number of aromatic nitrogens is 2. The van der Waals surface area contributed by atoms with Crippen LogP contribution in [0.5, 0.6) is 0 Å². The van der Waals surface area contributed by atoms with Gasteiger partial charge in [0.15, 0.2) is 0 Å². The summed E-state index contributed by atoms with van der Waals surface area (Å²) in [5.41, 5.74) is 1.80. The van der Waals surface area contributed by atoms with E-state index in [4.69, 9.17) is 16.3 Å². The van der Waals surface area contributed by atoms with E-state index in [-0.39, 0.29) is 23.3 Å². The van der Waals surface area contributed by atoms with Crippen molar-refractivity contribution < 1.29 is 14.6 Å². The van der Waals surface area contributed by atoms with Crippen LogP contribution in [0.1, 0.15) is 49.3 Å². The molecule has 7 nitrogen and oxygen atoms in total. The molecule has 0 radical (unpaired) electrons. The molecular formula is C28H31ClN4O3. The number of hydrogen-bond donors (Lipinski definition) is 2. The predicted molar refractivity (Wildman–Crippen MR) is 139 cm³/mol. The summed E-state index contributed by atoms with van der Waals surface area (Å²) in [6.45, 7) is 4.86. The highest BCUT2D eigenvalue weighted by Crippen LogP contribution is 2.47. The number of fused-ring (bicyclic) bond motifs is 1. The first-order valence-electron chi connectivity index (χ1n) is 12.7. The highest BCUT2D eigenvalue weighted by atomic mass is 35.5. The van der Waals surface area contributed by atoms with Crippen LogP contribution in [0.25, 0.3) is 10.8 Å². The molecule has 2 aliphatic heterocycles. The molecule has 4 atom stereocenters. The van der Waals surface area contributed by atoms with E-state index >= 15 is 0 Å². The standard InChI is InChI=1S/C28H31ClN4O3/c1-28(16-36-15-25(28)34)33-8-5-17(6-9-33)20-10-18-12-26(31-14-19(18)11-23(20)29)32-27(35)22-13-21(22)24-4-2-3-7-30-24/h2-4,7,10-12,14,17,21-22,25,34H,5-6,8-9,13,15-16H2,1H3,(H,31,32,35)/t21?,22?,25-,28+/m0/s1. The third-order valence-electron chi connectivity index (χ3n) is 8.33. The second kappa shape index (κ2) is 9.38. The summed E-state index contributed by atoms with van der Waals surface area (Å²) in [7, 11) is 0. The van der Waals surface area contributed by atoms with Gasteiger partial charge in [-0.15, -0.1) is 0 Å². The van der Waals surface area contributed by atoms with Crippen molar-refractivity contribution in [3.63, 3.8) is 0 Å². The van der Waals surface area contributed by atoms with Crippen molar-refractivity contribution in [2.24, 2.45) is 5.92 Å². The maximum absolute atomic E-state index is 12.8. The molecule has 1 aromatic carbocycles. The molecule has 3 aliphatic rings. The van der Waals surface area contributed by atoms with Crippen molar-refractivity contribution in [3.8, 4) is 0 Å². The average Bonchev–Trinajstić information content (AvgIpc) is 3.63. The van der Waals surface area contributed by atoms with Gasteiger partial charge in [0.1, 0.15) is 5.82 Å². The lowest BCUT2D eigenvalue weighted by Crippen LogP contribution is -2.56. The number of hydrogen-bond acceptors (Lipinski definition) is 6. The molecule has 1 saturated carbocycles. The van der Waals surface area contributed by atoms with Gasteiger partial charge in [0.2, 0.25) is 5.91 Å². The average molecular weight is 507 g/mol. The Kier molecular flexibility index (Phi) is 6.20. The molecule has 2 unspecified atom stereocenters. The van der Waals surface area contributed by atoms with E-state index < -0.39 is 6.10 Å². The van der Waals surface area contributed by atoms with Crippen LogP contribution in [0.4, 0.5) is 5.82 Å². The van der Waals surface area contributed by atoms with Gasteiger partial charge in [0.05, 0.1) is 24.9 Å². The van der Waals surface area contributed by atoms with Crippen molar-refractivity contribution in [3.05, 3.63) is 65.1 Å². The van der Waals surface area contributed by atoms with Crippen molar-refractivity contribution in [1.82, 2.24) is 14.9 Å². The Morgan fingerprint density at radius 3 is 2.75 bits per heavy atom. The predicted octanol–water partition coefficient (Wildman–Crippen LogP) is 4.35. The van der Waals surface area contributed by atoms with E-state index in [1.165, 1.54) is 0 Å². The second-order valence-electron chi connectivity index (χ2n) is 10.6. The van der Waals surface area contributed by atoms with Crippen LogP contribution in [0, 0.1) is 5.92 Å². The van der Waals surface area contributed by atoms with Gasteiger partial charge < -0.3 is 15.2 Å². The molecule has 6 rings (SSSR count). The van der Waals surface area contributed by atoms with Gasteiger partial charge in [-0.2, -0.15) is 0 Å². The van der Waals surface area contributed by atoms with Crippen molar-refractivity contribution in [2.75, 3.05) is 31.6 Å². The van der Waals surface area contributed by atoms with Crippen molar-refractivity contribution in [2.45, 2.75) is 49.7 Å². The summed E-state index contributed by atoms with van der Waals surface area (Å²) in [5.74, 6) is 1.02.